The first kappa shape index (κ1) is 15.3. The van der Waals surface area contributed by atoms with Crippen LogP contribution in [0.1, 0.15) is 43.4 Å². The number of ether oxygens (including phenoxy) is 1. The number of benzene rings is 2. The fourth-order valence-corrected chi connectivity index (χ4v) is 3.24. The van der Waals surface area contributed by atoms with E-state index in [0.29, 0.717) is 0 Å². The molecule has 2 aromatic rings. The normalized spacial score (nSPS) is 19.5. The van der Waals surface area contributed by atoms with Crippen molar-refractivity contribution in [2.75, 3.05) is 13.1 Å². The van der Waals surface area contributed by atoms with Gasteiger partial charge in [0.1, 0.15) is 12.3 Å². The average molecular weight is 295 g/mol. The highest BCUT2D eigenvalue weighted by molar-refractivity contribution is 5.29. The molecule has 0 bridgehead atoms. The van der Waals surface area contributed by atoms with Crippen LogP contribution in [0.15, 0.2) is 60.7 Å². The zero-order valence-electron chi connectivity index (χ0n) is 13.3. The summed E-state index contributed by atoms with van der Waals surface area (Å²) in [5.41, 5.74) is 2.46. The number of hydrogen-bond donors (Lipinski definition) is 0. The minimum Gasteiger partial charge on any atom is -0.350 e. The van der Waals surface area contributed by atoms with Crippen LogP contribution < -0.4 is 0 Å². The molecule has 1 aliphatic rings. The van der Waals surface area contributed by atoms with Gasteiger partial charge >= 0.3 is 0 Å². The van der Waals surface area contributed by atoms with Crippen LogP contribution in [0.2, 0.25) is 0 Å². The predicted octanol–water partition coefficient (Wildman–Crippen LogP) is 4.62. The third-order valence-corrected chi connectivity index (χ3v) is 4.46. The van der Waals surface area contributed by atoms with Gasteiger partial charge in [0.15, 0.2) is 0 Å². The van der Waals surface area contributed by atoms with Crippen molar-refractivity contribution in [1.82, 2.24) is 4.90 Å². The van der Waals surface area contributed by atoms with Crippen LogP contribution in [-0.4, -0.2) is 24.2 Å². The Balaban J connectivity index is 1.86. The molecule has 1 aliphatic heterocycles. The third-order valence-electron chi connectivity index (χ3n) is 4.46. The van der Waals surface area contributed by atoms with Gasteiger partial charge in [0.2, 0.25) is 0 Å². The molecule has 2 aromatic carbocycles. The third kappa shape index (κ3) is 3.57. The molecule has 0 aliphatic carbocycles. The summed E-state index contributed by atoms with van der Waals surface area (Å²) in [5.74, 6) is 0. The molecule has 116 valence electrons. The molecule has 0 spiro atoms. The molecule has 1 fully saturated rings. The number of piperidine rings is 1. The minimum atomic E-state index is 0.0135. The van der Waals surface area contributed by atoms with Gasteiger partial charge in [-0.2, -0.15) is 0 Å². The summed E-state index contributed by atoms with van der Waals surface area (Å²) in [7, 11) is 0. The maximum absolute atomic E-state index is 6.59. The highest BCUT2D eigenvalue weighted by Gasteiger charge is 2.26. The van der Waals surface area contributed by atoms with E-state index in [1.807, 2.05) is 0 Å². The zero-order chi connectivity index (χ0) is 15.2. The average Bonchev–Trinajstić information content (AvgIpc) is 2.61. The van der Waals surface area contributed by atoms with Crippen LogP contribution >= 0.6 is 0 Å². The van der Waals surface area contributed by atoms with E-state index < -0.39 is 0 Å². The monoisotopic (exact) mass is 295 g/mol. The van der Waals surface area contributed by atoms with Crippen molar-refractivity contribution < 1.29 is 4.74 Å². The first-order chi connectivity index (χ1) is 10.9. The summed E-state index contributed by atoms with van der Waals surface area (Å²) in [6, 6.07) is 21.1. The quantitative estimate of drug-likeness (QED) is 0.797. The molecule has 3 rings (SSSR count). The summed E-state index contributed by atoms with van der Waals surface area (Å²) in [5, 5.41) is 0. The van der Waals surface area contributed by atoms with Crippen molar-refractivity contribution in [3.63, 3.8) is 0 Å². The van der Waals surface area contributed by atoms with Gasteiger partial charge in [-0.25, -0.2) is 0 Å². The molecule has 0 amide bonds. The standard InChI is InChI=1S/C20H25NO/c1-2-21-16-10-9-15-19(21)22-20(17-11-5-3-6-12-17)18-13-7-4-8-14-18/h3-8,11-14,19-20H,2,9-10,15-16H2,1H3. The van der Waals surface area contributed by atoms with Crippen LogP contribution in [0.4, 0.5) is 0 Å². The van der Waals surface area contributed by atoms with Crippen LogP contribution in [-0.2, 0) is 4.74 Å². The van der Waals surface area contributed by atoms with Crippen molar-refractivity contribution in [2.45, 2.75) is 38.5 Å². The maximum atomic E-state index is 6.59. The van der Waals surface area contributed by atoms with Crippen molar-refractivity contribution >= 4 is 0 Å². The lowest BCUT2D eigenvalue weighted by atomic mass is 10.0. The lowest BCUT2D eigenvalue weighted by Gasteiger charge is -2.37. The molecular weight excluding hydrogens is 270 g/mol. The fourth-order valence-electron chi connectivity index (χ4n) is 3.24. The highest BCUT2D eigenvalue weighted by Crippen LogP contribution is 2.30. The summed E-state index contributed by atoms with van der Waals surface area (Å²) < 4.78 is 6.59. The van der Waals surface area contributed by atoms with Gasteiger partial charge in [-0.3, -0.25) is 4.90 Å². The molecule has 2 nitrogen and oxygen atoms in total. The Kier molecular flexibility index (Phi) is 5.25. The van der Waals surface area contributed by atoms with Crippen molar-refractivity contribution in [1.29, 1.82) is 0 Å². The first-order valence-electron chi connectivity index (χ1n) is 8.38. The van der Waals surface area contributed by atoms with E-state index in [1.54, 1.807) is 0 Å². The van der Waals surface area contributed by atoms with Gasteiger partial charge in [0, 0.05) is 6.54 Å². The van der Waals surface area contributed by atoms with Gasteiger partial charge in [0.25, 0.3) is 0 Å². The van der Waals surface area contributed by atoms with E-state index in [1.165, 1.54) is 24.0 Å². The molecule has 1 unspecified atom stereocenters. The van der Waals surface area contributed by atoms with Gasteiger partial charge in [-0.05, 0) is 36.9 Å². The number of hydrogen-bond acceptors (Lipinski definition) is 2. The number of likely N-dealkylation sites (tertiary alicyclic amines) is 1. The van der Waals surface area contributed by atoms with Crippen molar-refractivity contribution in [3.05, 3.63) is 71.8 Å². The van der Waals surface area contributed by atoms with E-state index in [-0.39, 0.29) is 12.3 Å². The topological polar surface area (TPSA) is 12.5 Å². The molecular formula is C20H25NO. The second-order valence-electron chi connectivity index (χ2n) is 5.92. The smallest absolute Gasteiger partial charge is 0.111 e. The summed E-state index contributed by atoms with van der Waals surface area (Å²) in [4.78, 5) is 2.46. The van der Waals surface area contributed by atoms with Gasteiger partial charge in [0.05, 0.1) is 0 Å². The lowest BCUT2D eigenvalue weighted by Crippen LogP contribution is -2.41. The lowest BCUT2D eigenvalue weighted by molar-refractivity contribution is -0.104. The number of rotatable bonds is 5. The Morgan fingerprint density at radius 2 is 1.55 bits per heavy atom. The zero-order valence-corrected chi connectivity index (χ0v) is 13.3. The Labute approximate surface area is 133 Å². The summed E-state index contributed by atoms with van der Waals surface area (Å²) >= 11 is 0. The SMILES string of the molecule is CCN1CCCCC1OC(c1ccccc1)c1ccccc1. The van der Waals surface area contributed by atoms with Gasteiger partial charge in [-0.1, -0.05) is 67.6 Å². The molecule has 0 N–H and O–H groups in total. The van der Waals surface area contributed by atoms with Crippen LogP contribution in [0.25, 0.3) is 0 Å². The van der Waals surface area contributed by atoms with Gasteiger partial charge in [-0.15, -0.1) is 0 Å². The van der Waals surface area contributed by atoms with Crippen LogP contribution in [0.5, 0.6) is 0 Å². The van der Waals surface area contributed by atoms with E-state index >= 15 is 0 Å². The largest absolute Gasteiger partial charge is 0.350 e. The fraction of sp³-hybridized carbons (Fsp3) is 0.400. The highest BCUT2D eigenvalue weighted by atomic mass is 16.5. The Morgan fingerprint density at radius 1 is 0.955 bits per heavy atom. The van der Waals surface area contributed by atoms with Crippen molar-refractivity contribution in [3.8, 4) is 0 Å². The van der Waals surface area contributed by atoms with E-state index in [9.17, 15) is 0 Å². The molecule has 1 atom stereocenters. The van der Waals surface area contributed by atoms with Crippen LogP contribution in [0.3, 0.4) is 0 Å². The molecule has 0 aromatic heterocycles. The minimum absolute atomic E-state index is 0.0135. The van der Waals surface area contributed by atoms with Crippen molar-refractivity contribution in [2.24, 2.45) is 0 Å². The maximum Gasteiger partial charge on any atom is 0.111 e. The summed E-state index contributed by atoms with van der Waals surface area (Å²) in [6.07, 6.45) is 3.92. The summed E-state index contributed by atoms with van der Waals surface area (Å²) in [6.45, 7) is 4.43. The predicted molar refractivity (Wildman–Crippen MR) is 90.7 cm³/mol. The molecule has 1 saturated heterocycles. The van der Waals surface area contributed by atoms with Crippen LogP contribution in [0, 0.1) is 0 Å². The van der Waals surface area contributed by atoms with E-state index in [0.717, 1.165) is 19.5 Å². The molecule has 22 heavy (non-hydrogen) atoms. The molecule has 2 heteroatoms. The molecule has 1 heterocycles. The van der Waals surface area contributed by atoms with Gasteiger partial charge < -0.3 is 4.74 Å². The first-order valence-corrected chi connectivity index (χ1v) is 8.38. The molecule has 0 radical (unpaired) electrons. The Morgan fingerprint density at radius 3 is 2.09 bits per heavy atom. The number of nitrogens with zero attached hydrogens (tertiary/aromatic N) is 1. The second kappa shape index (κ2) is 7.57. The molecule has 0 saturated carbocycles. The Bertz CT molecular complexity index is 515. The Hall–Kier alpha value is -1.64. The van der Waals surface area contributed by atoms with E-state index in [4.69, 9.17) is 4.74 Å². The van der Waals surface area contributed by atoms with E-state index in [2.05, 4.69) is 72.5 Å². The second-order valence-corrected chi connectivity index (χ2v) is 5.92.